The molecule has 0 amide bonds. The molecular formula is C13H21NS. The van der Waals surface area contributed by atoms with Gasteiger partial charge in [-0.25, -0.2) is 0 Å². The molecule has 15 heavy (non-hydrogen) atoms. The molecule has 0 bridgehead atoms. The minimum Gasteiger partial charge on any atom is -0.309 e. The maximum Gasteiger partial charge on any atom is 0.0302 e. The predicted molar refractivity (Wildman–Crippen MR) is 67.1 cm³/mol. The van der Waals surface area contributed by atoms with Gasteiger partial charge in [0.05, 0.1) is 0 Å². The van der Waals surface area contributed by atoms with E-state index in [4.69, 9.17) is 0 Å². The summed E-state index contributed by atoms with van der Waals surface area (Å²) >= 11 is 1.85. The Hall–Kier alpha value is -0.340. The van der Waals surface area contributed by atoms with E-state index in [0.29, 0.717) is 0 Å². The van der Waals surface area contributed by atoms with E-state index in [9.17, 15) is 0 Å². The quantitative estimate of drug-likeness (QED) is 0.821. The highest BCUT2D eigenvalue weighted by molar-refractivity contribution is 7.09. The molecule has 1 fully saturated rings. The van der Waals surface area contributed by atoms with Crippen molar-refractivity contribution < 1.29 is 0 Å². The zero-order chi connectivity index (χ0) is 10.7. The van der Waals surface area contributed by atoms with Crippen LogP contribution in [0.15, 0.2) is 17.5 Å². The van der Waals surface area contributed by atoms with E-state index in [0.717, 1.165) is 24.4 Å². The lowest BCUT2D eigenvalue weighted by Crippen LogP contribution is -2.31. The molecule has 0 aliphatic heterocycles. The topological polar surface area (TPSA) is 12.0 Å². The number of rotatable bonds is 4. The summed E-state index contributed by atoms with van der Waals surface area (Å²) in [6.07, 6.45) is 4.13. The minimum absolute atomic E-state index is 0.747. The molecule has 1 aromatic rings. The Bertz CT molecular complexity index is 281. The third-order valence-corrected chi connectivity index (χ3v) is 4.75. The molecule has 1 saturated carbocycles. The Morgan fingerprint density at radius 1 is 1.47 bits per heavy atom. The number of hydrogen-bond acceptors (Lipinski definition) is 2. The molecule has 1 aliphatic rings. The molecule has 0 saturated heterocycles. The lowest BCUT2D eigenvalue weighted by atomic mass is 9.93. The van der Waals surface area contributed by atoms with Gasteiger partial charge in [-0.3, -0.25) is 0 Å². The Morgan fingerprint density at radius 2 is 2.33 bits per heavy atom. The molecule has 2 rings (SSSR count). The highest BCUT2D eigenvalue weighted by atomic mass is 32.1. The molecule has 0 aromatic carbocycles. The molecule has 1 N–H and O–H groups in total. The lowest BCUT2D eigenvalue weighted by molar-refractivity contribution is 0.345. The molecule has 84 valence electrons. The minimum atomic E-state index is 0.747. The van der Waals surface area contributed by atoms with Crippen molar-refractivity contribution in [3.05, 3.63) is 22.4 Å². The third kappa shape index (κ3) is 2.61. The molecule has 3 atom stereocenters. The van der Waals surface area contributed by atoms with Crippen molar-refractivity contribution in [3.63, 3.8) is 0 Å². The van der Waals surface area contributed by atoms with Gasteiger partial charge in [-0.15, -0.1) is 11.3 Å². The Balaban J connectivity index is 1.81. The highest BCUT2D eigenvalue weighted by Crippen LogP contribution is 2.34. The maximum absolute atomic E-state index is 3.71. The summed E-state index contributed by atoms with van der Waals surface area (Å²) in [5.74, 6) is 1.81. The van der Waals surface area contributed by atoms with E-state index in [1.54, 1.807) is 0 Å². The zero-order valence-corrected chi connectivity index (χ0v) is 10.5. The first-order valence-corrected chi connectivity index (χ1v) is 6.95. The van der Waals surface area contributed by atoms with Crippen molar-refractivity contribution in [2.24, 2.45) is 11.8 Å². The predicted octanol–water partition coefficient (Wildman–Crippen LogP) is 3.66. The van der Waals surface area contributed by atoms with Gasteiger partial charge in [0.25, 0.3) is 0 Å². The van der Waals surface area contributed by atoms with Crippen molar-refractivity contribution in [1.82, 2.24) is 5.32 Å². The van der Waals surface area contributed by atoms with Crippen molar-refractivity contribution in [2.75, 3.05) is 0 Å². The van der Waals surface area contributed by atoms with Crippen LogP contribution in [0.2, 0.25) is 0 Å². The smallest absolute Gasteiger partial charge is 0.0302 e. The summed E-state index contributed by atoms with van der Waals surface area (Å²) < 4.78 is 0. The first-order valence-electron chi connectivity index (χ1n) is 6.07. The van der Waals surface area contributed by atoms with Gasteiger partial charge >= 0.3 is 0 Å². The second-order valence-corrected chi connectivity index (χ2v) is 5.70. The number of nitrogens with one attached hydrogen (secondary N) is 1. The van der Waals surface area contributed by atoms with Crippen LogP contribution in [0.3, 0.4) is 0 Å². The molecule has 0 radical (unpaired) electrons. The zero-order valence-electron chi connectivity index (χ0n) is 9.70. The van der Waals surface area contributed by atoms with E-state index in [-0.39, 0.29) is 0 Å². The fourth-order valence-electron chi connectivity index (χ4n) is 2.76. The summed E-state index contributed by atoms with van der Waals surface area (Å²) in [6, 6.07) is 5.10. The van der Waals surface area contributed by atoms with Gasteiger partial charge in [-0.2, -0.15) is 0 Å². The average molecular weight is 223 g/mol. The number of thiophene rings is 1. The van der Waals surface area contributed by atoms with Gasteiger partial charge < -0.3 is 5.32 Å². The van der Waals surface area contributed by atoms with Crippen LogP contribution in [0, 0.1) is 11.8 Å². The number of hydrogen-bond donors (Lipinski definition) is 1. The first-order chi connectivity index (χ1) is 7.31. The second-order valence-electron chi connectivity index (χ2n) is 4.67. The molecule has 1 heterocycles. The Kier molecular flexibility index (Phi) is 3.81. The molecule has 1 nitrogen and oxygen atoms in total. The van der Waals surface area contributed by atoms with E-state index in [2.05, 4.69) is 36.7 Å². The average Bonchev–Trinajstić information content (AvgIpc) is 2.85. The fraction of sp³-hybridized carbons (Fsp3) is 0.692. The van der Waals surface area contributed by atoms with Crippen LogP contribution < -0.4 is 5.32 Å². The third-order valence-electron chi connectivity index (χ3n) is 3.87. The highest BCUT2D eigenvalue weighted by Gasteiger charge is 2.30. The van der Waals surface area contributed by atoms with Crippen LogP contribution in [-0.4, -0.2) is 6.04 Å². The normalized spacial score (nSPS) is 30.9. The monoisotopic (exact) mass is 223 g/mol. The van der Waals surface area contributed by atoms with Crippen LogP contribution in [0.4, 0.5) is 0 Å². The van der Waals surface area contributed by atoms with Crippen molar-refractivity contribution in [2.45, 2.75) is 45.7 Å². The van der Waals surface area contributed by atoms with Crippen LogP contribution in [-0.2, 0) is 6.54 Å². The van der Waals surface area contributed by atoms with E-state index >= 15 is 0 Å². The van der Waals surface area contributed by atoms with Crippen LogP contribution in [0.25, 0.3) is 0 Å². The Morgan fingerprint density at radius 3 is 2.93 bits per heavy atom. The van der Waals surface area contributed by atoms with Gasteiger partial charge in [0, 0.05) is 17.5 Å². The molecule has 1 aromatic heterocycles. The summed E-state index contributed by atoms with van der Waals surface area (Å²) in [6.45, 7) is 5.79. The van der Waals surface area contributed by atoms with Gasteiger partial charge in [0.1, 0.15) is 0 Å². The molecule has 1 aliphatic carbocycles. The standard InChI is InChI=1S/C13H21NS/c1-3-11-6-7-13(10(11)2)14-9-12-5-4-8-15-12/h4-5,8,10-11,13-14H,3,6-7,9H2,1-2H3. The van der Waals surface area contributed by atoms with Gasteiger partial charge in [-0.1, -0.05) is 26.3 Å². The molecule has 0 spiro atoms. The maximum atomic E-state index is 3.71. The second kappa shape index (κ2) is 5.13. The first kappa shape index (κ1) is 11.2. The fourth-order valence-corrected chi connectivity index (χ4v) is 3.41. The summed E-state index contributed by atoms with van der Waals surface area (Å²) in [5, 5.41) is 5.87. The van der Waals surface area contributed by atoms with Crippen LogP contribution >= 0.6 is 11.3 Å². The van der Waals surface area contributed by atoms with Crippen molar-refractivity contribution in [1.29, 1.82) is 0 Å². The van der Waals surface area contributed by atoms with Crippen molar-refractivity contribution >= 4 is 11.3 Å². The van der Waals surface area contributed by atoms with E-state index < -0.39 is 0 Å². The van der Waals surface area contributed by atoms with Gasteiger partial charge in [-0.05, 0) is 36.1 Å². The SMILES string of the molecule is CCC1CCC(NCc2cccs2)C1C. The van der Waals surface area contributed by atoms with Crippen LogP contribution in [0.1, 0.15) is 38.0 Å². The summed E-state index contributed by atoms with van der Waals surface area (Å²) in [4.78, 5) is 1.46. The molecular weight excluding hydrogens is 202 g/mol. The summed E-state index contributed by atoms with van der Waals surface area (Å²) in [5.41, 5.74) is 0. The van der Waals surface area contributed by atoms with Crippen molar-refractivity contribution in [3.8, 4) is 0 Å². The molecule has 2 heteroatoms. The summed E-state index contributed by atoms with van der Waals surface area (Å²) in [7, 11) is 0. The van der Waals surface area contributed by atoms with Crippen LogP contribution in [0.5, 0.6) is 0 Å². The lowest BCUT2D eigenvalue weighted by Gasteiger charge is -2.20. The Labute approximate surface area is 96.9 Å². The van der Waals surface area contributed by atoms with Gasteiger partial charge in [0.15, 0.2) is 0 Å². The van der Waals surface area contributed by atoms with Gasteiger partial charge in [0.2, 0.25) is 0 Å². The van der Waals surface area contributed by atoms with E-state index in [1.165, 1.54) is 24.1 Å². The van der Waals surface area contributed by atoms with E-state index in [1.807, 2.05) is 11.3 Å². The largest absolute Gasteiger partial charge is 0.309 e. The molecule has 3 unspecified atom stereocenters.